The Morgan fingerprint density at radius 1 is 1.29 bits per heavy atom. The topological polar surface area (TPSA) is 53.4 Å². The highest BCUT2D eigenvalue weighted by Gasteiger charge is 2.19. The number of thiazole rings is 1. The molecule has 1 atom stereocenters. The summed E-state index contributed by atoms with van der Waals surface area (Å²) in [5.74, 6) is -1.11. The van der Waals surface area contributed by atoms with Crippen LogP contribution in [0, 0.1) is 19.8 Å². The number of carbonyl (C=O) groups is 1. The number of rotatable bonds is 10. The number of aromatic nitrogens is 1. The molecular formula is C16H28N2O2S. The molecule has 0 saturated heterocycles. The van der Waals surface area contributed by atoms with E-state index >= 15 is 0 Å². The lowest BCUT2D eigenvalue weighted by Crippen LogP contribution is -2.32. The first-order valence-electron chi connectivity index (χ1n) is 7.87. The summed E-state index contributed by atoms with van der Waals surface area (Å²) >= 11 is 1.67. The van der Waals surface area contributed by atoms with E-state index in [2.05, 4.69) is 23.7 Å². The molecule has 0 radical (unpaired) electrons. The van der Waals surface area contributed by atoms with Crippen LogP contribution in [0.4, 0.5) is 5.13 Å². The second-order valence-electron chi connectivity index (χ2n) is 5.74. The molecule has 0 aliphatic heterocycles. The number of unbranched alkanes of at least 4 members (excludes halogenated alkanes) is 4. The van der Waals surface area contributed by atoms with Gasteiger partial charge in [-0.3, -0.25) is 4.79 Å². The van der Waals surface area contributed by atoms with Gasteiger partial charge < -0.3 is 10.0 Å². The maximum Gasteiger partial charge on any atom is 0.308 e. The molecule has 4 nitrogen and oxygen atoms in total. The van der Waals surface area contributed by atoms with Crippen molar-refractivity contribution < 1.29 is 9.90 Å². The Labute approximate surface area is 132 Å². The molecule has 0 aromatic carbocycles. The molecule has 21 heavy (non-hydrogen) atoms. The van der Waals surface area contributed by atoms with E-state index in [0.29, 0.717) is 6.54 Å². The van der Waals surface area contributed by atoms with E-state index in [1.54, 1.807) is 18.3 Å². The maximum atomic E-state index is 11.1. The van der Waals surface area contributed by atoms with Crippen LogP contribution in [-0.4, -0.2) is 29.1 Å². The maximum absolute atomic E-state index is 11.1. The normalized spacial score (nSPS) is 12.4. The fourth-order valence-electron chi connectivity index (χ4n) is 2.17. The molecule has 1 aromatic heterocycles. The minimum Gasteiger partial charge on any atom is -0.481 e. The van der Waals surface area contributed by atoms with Gasteiger partial charge in [0, 0.05) is 18.0 Å². The van der Waals surface area contributed by atoms with Gasteiger partial charge in [-0.1, -0.05) is 39.5 Å². The van der Waals surface area contributed by atoms with E-state index in [0.717, 1.165) is 23.8 Å². The monoisotopic (exact) mass is 312 g/mol. The van der Waals surface area contributed by atoms with Crippen LogP contribution in [0.3, 0.4) is 0 Å². The number of nitrogens with zero attached hydrogens (tertiary/aromatic N) is 2. The standard InChI is InChI=1S/C16H28N2O2S/c1-5-6-7-8-9-10-18(11-12(2)15(19)20)16-17-13(3)14(4)21-16/h12H,5-11H2,1-4H3,(H,19,20). The molecule has 5 heteroatoms. The van der Waals surface area contributed by atoms with Crippen molar-refractivity contribution >= 4 is 22.4 Å². The van der Waals surface area contributed by atoms with Gasteiger partial charge in [0.1, 0.15) is 0 Å². The fraction of sp³-hybridized carbons (Fsp3) is 0.750. The minimum atomic E-state index is -0.740. The first-order valence-corrected chi connectivity index (χ1v) is 8.69. The van der Waals surface area contributed by atoms with Crippen molar-refractivity contribution in [2.45, 2.75) is 59.8 Å². The van der Waals surface area contributed by atoms with Crippen LogP contribution in [0.25, 0.3) is 0 Å². The van der Waals surface area contributed by atoms with Crippen molar-refractivity contribution in [1.29, 1.82) is 0 Å². The van der Waals surface area contributed by atoms with Crippen LogP contribution in [-0.2, 0) is 4.79 Å². The van der Waals surface area contributed by atoms with Crippen LogP contribution in [0.5, 0.6) is 0 Å². The van der Waals surface area contributed by atoms with Crippen molar-refractivity contribution in [2.24, 2.45) is 5.92 Å². The molecule has 0 aliphatic carbocycles. The molecule has 1 unspecified atom stereocenters. The molecule has 1 rings (SSSR count). The van der Waals surface area contributed by atoms with Gasteiger partial charge >= 0.3 is 5.97 Å². The number of aliphatic carboxylic acids is 1. The quantitative estimate of drug-likeness (QED) is 0.656. The Hall–Kier alpha value is -1.10. The summed E-state index contributed by atoms with van der Waals surface area (Å²) in [5.41, 5.74) is 1.05. The van der Waals surface area contributed by atoms with E-state index in [1.807, 2.05) is 6.92 Å². The first kappa shape index (κ1) is 18.0. The molecule has 0 bridgehead atoms. The molecule has 1 N–H and O–H groups in total. The van der Waals surface area contributed by atoms with Crippen molar-refractivity contribution in [3.05, 3.63) is 10.6 Å². The SMILES string of the molecule is CCCCCCCN(CC(C)C(=O)O)c1nc(C)c(C)s1. The minimum absolute atomic E-state index is 0.370. The van der Waals surface area contributed by atoms with Gasteiger partial charge in [0.25, 0.3) is 0 Å². The van der Waals surface area contributed by atoms with E-state index in [4.69, 9.17) is 5.11 Å². The van der Waals surface area contributed by atoms with Gasteiger partial charge in [0.15, 0.2) is 5.13 Å². The molecule has 1 heterocycles. The largest absolute Gasteiger partial charge is 0.481 e. The summed E-state index contributed by atoms with van der Waals surface area (Å²) in [6.07, 6.45) is 6.08. The predicted molar refractivity (Wildman–Crippen MR) is 89.4 cm³/mol. The van der Waals surface area contributed by atoms with E-state index in [-0.39, 0.29) is 5.92 Å². The molecule has 1 aromatic rings. The van der Waals surface area contributed by atoms with Gasteiger partial charge in [-0.25, -0.2) is 4.98 Å². The lowest BCUT2D eigenvalue weighted by atomic mass is 10.1. The summed E-state index contributed by atoms with van der Waals surface area (Å²) in [6.45, 7) is 9.48. The Morgan fingerprint density at radius 3 is 2.48 bits per heavy atom. The van der Waals surface area contributed by atoms with Crippen LogP contribution in [0.1, 0.15) is 56.5 Å². The summed E-state index contributed by atoms with van der Waals surface area (Å²) in [6, 6.07) is 0. The molecule has 0 saturated carbocycles. The predicted octanol–water partition coefficient (Wildman–Crippen LogP) is 4.26. The van der Waals surface area contributed by atoms with Crippen LogP contribution in [0.2, 0.25) is 0 Å². The molecule has 0 aliphatic rings. The first-order chi connectivity index (χ1) is 9.95. The average molecular weight is 312 g/mol. The van der Waals surface area contributed by atoms with Crippen LogP contribution in [0.15, 0.2) is 0 Å². The van der Waals surface area contributed by atoms with E-state index < -0.39 is 5.97 Å². The summed E-state index contributed by atoms with van der Waals surface area (Å²) in [7, 11) is 0. The fourth-order valence-corrected chi connectivity index (χ4v) is 3.12. The van der Waals surface area contributed by atoms with Crippen LogP contribution < -0.4 is 4.90 Å². The molecule has 120 valence electrons. The van der Waals surface area contributed by atoms with Crippen molar-refractivity contribution in [3.63, 3.8) is 0 Å². The third kappa shape index (κ3) is 6.04. The van der Waals surface area contributed by atoms with Crippen LogP contribution >= 0.6 is 11.3 Å². The Bertz CT molecular complexity index is 426. The summed E-state index contributed by atoms with van der Waals surface area (Å²) in [5, 5.41) is 10.1. The number of aryl methyl sites for hydroxylation is 2. The number of carboxylic acid groups (broad SMARTS) is 1. The highest BCUT2D eigenvalue weighted by atomic mass is 32.1. The highest BCUT2D eigenvalue weighted by Crippen LogP contribution is 2.26. The van der Waals surface area contributed by atoms with Gasteiger partial charge in [0.2, 0.25) is 0 Å². The Balaban J connectivity index is 2.63. The molecule has 0 amide bonds. The zero-order valence-corrected chi connectivity index (χ0v) is 14.5. The van der Waals surface area contributed by atoms with Crippen molar-refractivity contribution in [3.8, 4) is 0 Å². The van der Waals surface area contributed by atoms with E-state index in [1.165, 1.54) is 30.6 Å². The lowest BCUT2D eigenvalue weighted by molar-refractivity contribution is -0.140. The van der Waals surface area contributed by atoms with Crippen molar-refractivity contribution in [1.82, 2.24) is 4.98 Å². The third-order valence-corrected chi connectivity index (χ3v) is 4.87. The second kappa shape index (κ2) is 9.03. The molecule has 0 fully saturated rings. The highest BCUT2D eigenvalue weighted by molar-refractivity contribution is 7.15. The average Bonchev–Trinajstić information content (AvgIpc) is 2.76. The number of carboxylic acids is 1. The number of hydrogen-bond donors (Lipinski definition) is 1. The second-order valence-corrected chi connectivity index (χ2v) is 6.92. The molecular weight excluding hydrogens is 284 g/mol. The van der Waals surface area contributed by atoms with E-state index in [9.17, 15) is 4.79 Å². The third-order valence-electron chi connectivity index (χ3n) is 3.74. The van der Waals surface area contributed by atoms with Gasteiger partial charge in [-0.05, 0) is 20.3 Å². The number of hydrogen-bond acceptors (Lipinski definition) is 4. The zero-order chi connectivity index (χ0) is 15.8. The summed E-state index contributed by atoms with van der Waals surface area (Å²) in [4.78, 5) is 19.1. The van der Waals surface area contributed by atoms with Gasteiger partial charge in [0.05, 0.1) is 11.6 Å². The Kier molecular flexibility index (Phi) is 7.72. The Morgan fingerprint density at radius 2 is 1.95 bits per heavy atom. The van der Waals surface area contributed by atoms with Gasteiger partial charge in [-0.2, -0.15) is 0 Å². The zero-order valence-electron chi connectivity index (χ0n) is 13.7. The lowest BCUT2D eigenvalue weighted by Gasteiger charge is -2.23. The smallest absolute Gasteiger partial charge is 0.308 e. The molecule has 0 spiro atoms. The van der Waals surface area contributed by atoms with Gasteiger partial charge in [-0.15, -0.1) is 11.3 Å². The number of anilines is 1. The van der Waals surface area contributed by atoms with Crippen molar-refractivity contribution in [2.75, 3.05) is 18.0 Å². The summed E-state index contributed by atoms with van der Waals surface area (Å²) < 4.78 is 0.